The first kappa shape index (κ1) is 10.6. The number of hydrogen-bond acceptors (Lipinski definition) is 4. The molecule has 0 spiro atoms. The number of hydrogen-bond donors (Lipinski definition) is 0. The number of nitrogens with zero attached hydrogens (tertiary/aromatic N) is 3. The van der Waals surface area contributed by atoms with Crippen LogP contribution in [0.15, 0.2) is 9.47 Å². The molecule has 0 unspecified atom stereocenters. The molecule has 0 N–H and O–H groups in total. The van der Waals surface area contributed by atoms with Crippen molar-refractivity contribution in [3.8, 4) is 0 Å². The maximum absolute atomic E-state index is 11.0. The molecule has 13 heavy (non-hydrogen) atoms. The number of halogens is 2. The summed E-state index contributed by atoms with van der Waals surface area (Å²) < 4.78 is 7.08. The van der Waals surface area contributed by atoms with Crippen LogP contribution in [0.4, 0.5) is 0 Å². The van der Waals surface area contributed by atoms with Gasteiger partial charge in [0.2, 0.25) is 4.73 Å². The minimum Gasteiger partial charge on any atom is -0.465 e. The van der Waals surface area contributed by atoms with Gasteiger partial charge in [0.05, 0.1) is 6.61 Å². The Morgan fingerprint density at radius 2 is 2.31 bits per heavy atom. The summed E-state index contributed by atoms with van der Waals surface area (Å²) in [4.78, 5) is 14.9. The lowest BCUT2D eigenvalue weighted by atomic mass is 10.6. The molecule has 1 rings (SSSR count). The Morgan fingerprint density at radius 3 is 2.77 bits per heavy atom. The van der Waals surface area contributed by atoms with Crippen molar-refractivity contribution in [1.29, 1.82) is 0 Å². The van der Waals surface area contributed by atoms with Gasteiger partial charge in [0.25, 0.3) is 0 Å². The molecule has 0 bridgehead atoms. The highest BCUT2D eigenvalue weighted by atomic mass is 79.9. The van der Waals surface area contributed by atoms with Crippen LogP contribution in [0.2, 0.25) is 0 Å². The van der Waals surface area contributed by atoms with Gasteiger partial charge in [-0.15, -0.1) is 5.10 Å². The summed E-state index contributed by atoms with van der Waals surface area (Å²) in [6.07, 6.45) is 0. The third-order valence-corrected chi connectivity index (χ3v) is 2.11. The Balaban J connectivity index is 2.63. The monoisotopic (exact) mass is 311 g/mol. The zero-order valence-electron chi connectivity index (χ0n) is 6.83. The number of carbonyl (C=O) groups excluding carboxylic acids is 1. The molecule has 0 radical (unpaired) electrons. The zero-order chi connectivity index (χ0) is 9.84. The molecule has 0 aliphatic rings. The molecule has 0 aliphatic heterocycles. The van der Waals surface area contributed by atoms with Crippen LogP contribution in [-0.4, -0.2) is 27.3 Å². The van der Waals surface area contributed by atoms with Crippen LogP contribution in [0.3, 0.4) is 0 Å². The van der Waals surface area contributed by atoms with Gasteiger partial charge in [-0.3, -0.25) is 4.79 Å². The van der Waals surface area contributed by atoms with Gasteiger partial charge in [-0.25, -0.2) is 4.68 Å². The molecular weight excluding hydrogens is 306 g/mol. The number of aromatic nitrogens is 3. The Labute approximate surface area is 91.7 Å². The summed E-state index contributed by atoms with van der Waals surface area (Å²) >= 11 is 6.23. The minimum atomic E-state index is -0.333. The van der Waals surface area contributed by atoms with E-state index in [-0.39, 0.29) is 12.5 Å². The highest BCUT2D eigenvalue weighted by molar-refractivity contribution is 9.11. The van der Waals surface area contributed by atoms with Gasteiger partial charge in [-0.05, 0) is 38.8 Å². The smallest absolute Gasteiger partial charge is 0.327 e. The summed E-state index contributed by atoms with van der Waals surface area (Å²) in [7, 11) is 0. The van der Waals surface area contributed by atoms with Crippen LogP contribution in [0.5, 0.6) is 0 Å². The molecule has 0 saturated heterocycles. The molecule has 0 aliphatic carbocycles. The molecule has 1 aromatic rings. The normalized spacial score (nSPS) is 10.1. The van der Waals surface area contributed by atoms with Gasteiger partial charge in [0.1, 0.15) is 6.54 Å². The van der Waals surface area contributed by atoms with E-state index in [9.17, 15) is 4.79 Å². The summed E-state index contributed by atoms with van der Waals surface area (Å²) in [5.74, 6) is -0.333. The summed E-state index contributed by atoms with van der Waals surface area (Å²) in [6.45, 7) is 2.18. The second-order valence-corrected chi connectivity index (χ2v) is 3.53. The number of carbonyl (C=O) groups is 1. The Kier molecular flexibility index (Phi) is 3.86. The maximum Gasteiger partial charge on any atom is 0.327 e. The molecule has 0 atom stereocenters. The average molecular weight is 313 g/mol. The number of ether oxygens (including phenoxy) is 1. The van der Waals surface area contributed by atoms with E-state index >= 15 is 0 Å². The van der Waals surface area contributed by atoms with Crippen molar-refractivity contribution in [2.24, 2.45) is 0 Å². The predicted molar refractivity (Wildman–Crippen MR) is 52.1 cm³/mol. The Hall–Kier alpha value is -0.430. The van der Waals surface area contributed by atoms with Crippen LogP contribution < -0.4 is 0 Å². The van der Waals surface area contributed by atoms with Gasteiger partial charge in [-0.2, -0.15) is 4.98 Å². The fourth-order valence-corrected chi connectivity index (χ4v) is 1.70. The van der Waals surface area contributed by atoms with Gasteiger partial charge in [0.15, 0.2) is 4.73 Å². The summed E-state index contributed by atoms with van der Waals surface area (Å²) in [5, 5.41) is 3.91. The lowest BCUT2D eigenvalue weighted by Gasteiger charge is -2.01. The molecule has 0 saturated carbocycles. The van der Waals surface area contributed by atoms with Crippen molar-refractivity contribution in [2.75, 3.05) is 6.61 Å². The van der Waals surface area contributed by atoms with E-state index in [4.69, 9.17) is 4.74 Å². The van der Waals surface area contributed by atoms with Crippen LogP contribution in [0.1, 0.15) is 6.92 Å². The zero-order valence-corrected chi connectivity index (χ0v) is 10.0. The molecule has 5 nitrogen and oxygen atoms in total. The Morgan fingerprint density at radius 1 is 1.62 bits per heavy atom. The molecular formula is C6H7Br2N3O2. The van der Waals surface area contributed by atoms with Gasteiger partial charge in [0, 0.05) is 0 Å². The third kappa shape index (κ3) is 3.07. The van der Waals surface area contributed by atoms with Crippen LogP contribution in [-0.2, 0) is 16.1 Å². The SMILES string of the molecule is CCOC(=O)Cn1nc(Br)nc1Br. The summed E-state index contributed by atoms with van der Waals surface area (Å²) in [5.41, 5.74) is 0. The molecule has 0 fully saturated rings. The first-order valence-electron chi connectivity index (χ1n) is 3.55. The quantitative estimate of drug-likeness (QED) is 0.791. The number of esters is 1. The molecule has 7 heteroatoms. The van der Waals surface area contributed by atoms with E-state index in [0.29, 0.717) is 16.1 Å². The largest absolute Gasteiger partial charge is 0.465 e. The van der Waals surface area contributed by atoms with Crippen molar-refractivity contribution < 1.29 is 9.53 Å². The molecule has 72 valence electrons. The molecule has 1 heterocycles. The Bertz CT molecular complexity index is 313. The van der Waals surface area contributed by atoms with Crippen LogP contribution in [0.25, 0.3) is 0 Å². The van der Waals surface area contributed by atoms with Crippen molar-refractivity contribution in [2.45, 2.75) is 13.5 Å². The first-order chi connectivity index (χ1) is 6.13. The van der Waals surface area contributed by atoms with Gasteiger partial charge in [-0.1, -0.05) is 0 Å². The second-order valence-electron chi connectivity index (χ2n) is 2.11. The van der Waals surface area contributed by atoms with E-state index in [2.05, 4.69) is 41.9 Å². The molecule has 1 aromatic heterocycles. The standard InChI is InChI=1S/C6H7Br2N3O2/c1-2-13-4(12)3-11-6(8)9-5(7)10-11/h2-3H2,1H3. The lowest BCUT2D eigenvalue weighted by molar-refractivity contribution is -0.144. The predicted octanol–water partition coefficient (Wildman–Crippen LogP) is 1.37. The van der Waals surface area contributed by atoms with E-state index < -0.39 is 0 Å². The highest BCUT2D eigenvalue weighted by Gasteiger charge is 2.09. The topological polar surface area (TPSA) is 57.0 Å². The second kappa shape index (κ2) is 4.71. The number of rotatable bonds is 3. The first-order valence-corrected chi connectivity index (χ1v) is 5.13. The van der Waals surface area contributed by atoms with E-state index in [0.717, 1.165) is 0 Å². The van der Waals surface area contributed by atoms with Crippen molar-refractivity contribution >= 4 is 37.8 Å². The van der Waals surface area contributed by atoms with E-state index in [1.54, 1.807) is 6.92 Å². The third-order valence-electron chi connectivity index (χ3n) is 1.18. The highest BCUT2D eigenvalue weighted by Crippen LogP contribution is 2.10. The fraction of sp³-hybridized carbons (Fsp3) is 0.500. The lowest BCUT2D eigenvalue weighted by Crippen LogP contribution is -2.14. The molecule has 0 aromatic carbocycles. The van der Waals surface area contributed by atoms with E-state index in [1.807, 2.05) is 0 Å². The van der Waals surface area contributed by atoms with Gasteiger partial charge < -0.3 is 4.74 Å². The summed E-state index contributed by atoms with van der Waals surface area (Å²) in [6, 6.07) is 0. The van der Waals surface area contributed by atoms with Crippen molar-refractivity contribution in [3.05, 3.63) is 9.47 Å². The maximum atomic E-state index is 11.0. The van der Waals surface area contributed by atoms with Crippen LogP contribution in [0, 0.1) is 0 Å². The fourth-order valence-electron chi connectivity index (χ4n) is 0.727. The van der Waals surface area contributed by atoms with Crippen molar-refractivity contribution in [1.82, 2.24) is 14.8 Å². The van der Waals surface area contributed by atoms with Crippen molar-refractivity contribution in [3.63, 3.8) is 0 Å². The van der Waals surface area contributed by atoms with Gasteiger partial charge >= 0.3 is 5.97 Å². The van der Waals surface area contributed by atoms with E-state index in [1.165, 1.54) is 4.68 Å². The molecule has 0 amide bonds. The minimum absolute atomic E-state index is 0.0625. The average Bonchev–Trinajstić information content (AvgIpc) is 2.30. The van der Waals surface area contributed by atoms with Crippen LogP contribution >= 0.6 is 31.9 Å².